The van der Waals surface area contributed by atoms with E-state index in [2.05, 4.69) is 9.72 Å². The third-order valence-electron chi connectivity index (χ3n) is 1.80. The highest BCUT2D eigenvalue weighted by molar-refractivity contribution is 6.17. The Morgan fingerprint density at radius 1 is 1.56 bits per heavy atom. The largest absolute Gasteiger partial charge is 0.574 e. The Hall–Kier alpha value is -1.70. The Morgan fingerprint density at radius 2 is 2.17 bits per heavy atom. The number of nitrogens with zero attached hydrogens (tertiary/aromatic N) is 1. The summed E-state index contributed by atoms with van der Waals surface area (Å²) in [6.07, 6.45) is -4.97. The second kappa shape index (κ2) is 5.30. The van der Waals surface area contributed by atoms with E-state index in [1.54, 1.807) is 0 Å². The fourth-order valence-corrected chi connectivity index (χ4v) is 1.40. The zero-order valence-electron chi connectivity index (χ0n) is 8.92. The summed E-state index contributed by atoms with van der Waals surface area (Å²) in [5, 5.41) is 8.82. The topological polar surface area (TPSA) is 68.7 Å². The van der Waals surface area contributed by atoms with Crippen LogP contribution < -0.4 is 9.47 Å². The van der Waals surface area contributed by atoms with E-state index in [0.29, 0.717) is 0 Å². The predicted octanol–water partition coefficient (Wildman–Crippen LogP) is 2.43. The van der Waals surface area contributed by atoms with Crippen LogP contribution in [-0.4, -0.2) is 29.5 Å². The molecule has 0 saturated heterocycles. The maximum absolute atomic E-state index is 12.0. The average Bonchev–Trinajstić information content (AvgIpc) is 2.25. The Balaban J connectivity index is 3.32. The van der Waals surface area contributed by atoms with Crippen LogP contribution in [0.4, 0.5) is 13.2 Å². The van der Waals surface area contributed by atoms with Crippen molar-refractivity contribution in [3.8, 4) is 11.6 Å². The molecule has 0 spiro atoms. The third-order valence-corrected chi connectivity index (χ3v) is 2.09. The number of alkyl halides is 4. The second-order valence-electron chi connectivity index (χ2n) is 2.99. The maximum atomic E-state index is 12.0. The van der Waals surface area contributed by atoms with Crippen LogP contribution in [0.25, 0.3) is 0 Å². The average molecular weight is 286 g/mol. The van der Waals surface area contributed by atoms with Gasteiger partial charge in [0.25, 0.3) is 0 Å². The van der Waals surface area contributed by atoms with Crippen molar-refractivity contribution in [2.24, 2.45) is 0 Å². The van der Waals surface area contributed by atoms with Crippen molar-refractivity contribution in [1.82, 2.24) is 4.98 Å². The molecule has 0 unspecified atom stereocenters. The molecule has 0 saturated carbocycles. The third kappa shape index (κ3) is 3.39. The van der Waals surface area contributed by atoms with E-state index in [-0.39, 0.29) is 17.2 Å². The highest BCUT2D eigenvalue weighted by atomic mass is 35.5. The number of pyridine rings is 1. The minimum atomic E-state index is -4.97. The van der Waals surface area contributed by atoms with Gasteiger partial charge in [-0.2, -0.15) is 0 Å². The first-order valence-electron chi connectivity index (χ1n) is 4.41. The summed E-state index contributed by atoms with van der Waals surface area (Å²) >= 11 is 5.49. The van der Waals surface area contributed by atoms with Crippen molar-refractivity contribution >= 4 is 17.6 Å². The first-order valence-corrected chi connectivity index (χ1v) is 4.95. The number of rotatable bonds is 4. The number of hydrogen-bond donors (Lipinski definition) is 1. The molecule has 18 heavy (non-hydrogen) atoms. The molecule has 1 rings (SSSR count). The maximum Gasteiger partial charge on any atom is 0.574 e. The smallest absolute Gasteiger partial charge is 0.494 e. The molecule has 1 N–H and O–H groups in total. The Kier molecular flexibility index (Phi) is 4.23. The molecule has 1 aromatic heterocycles. The molecule has 100 valence electrons. The number of carboxylic acid groups (broad SMARTS) is 1. The van der Waals surface area contributed by atoms with Gasteiger partial charge >= 0.3 is 12.3 Å². The van der Waals surface area contributed by atoms with E-state index in [1.807, 2.05) is 0 Å². The van der Waals surface area contributed by atoms with Gasteiger partial charge in [-0.05, 0) is 0 Å². The van der Waals surface area contributed by atoms with E-state index < -0.39 is 23.9 Å². The van der Waals surface area contributed by atoms with Gasteiger partial charge in [-0.1, -0.05) is 0 Å². The number of ether oxygens (including phenoxy) is 2. The summed E-state index contributed by atoms with van der Waals surface area (Å²) in [5.41, 5.74) is -0.666. The highest BCUT2D eigenvalue weighted by Crippen LogP contribution is 2.30. The fraction of sp³-hybridized carbons (Fsp3) is 0.333. The molecule has 0 bridgehead atoms. The van der Waals surface area contributed by atoms with Crippen LogP contribution in [0.1, 0.15) is 16.1 Å². The molecule has 0 amide bonds. The monoisotopic (exact) mass is 285 g/mol. The normalized spacial score (nSPS) is 11.2. The van der Waals surface area contributed by atoms with Crippen molar-refractivity contribution in [2.75, 3.05) is 7.11 Å². The van der Waals surface area contributed by atoms with Crippen molar-refractivity contribution in [1.29, 1.82) is 0 Å². The van der Waals surface area contributed by atoms with E-state index in [9.17, 15) is 18.0 Å². The summed E-state index contributed by atoms with van der Waals surface area (Å²) in [5.74, 6) is -2.91. The molecule has 0 aliphatic heterocycles. The zero-order chi connectivity index (χ0) is 13.9. The lowest BCUT2D eigenvalue weighted by Crippen LogP contribution is -2.19. The lowest BCUT2D eigenvalue weighted by atomic mass is 10.2. The van der Waals surface area contributed by atoms with Crippen LogP contribution in [0.5, 0.6) is 11.6 Å². The standard InChI is InChI=1S/C9H7ClF3NO4/c1-17-7-4(3-10)2-5(18-9(11,12)13)14-6(7)8(15)16/h2H,3H2,1H3,(H,15,16). The number of methoxy groups -OCH3 is 1. The lowest BCUT2D eigenvalue weighted by Gasteiger charge is -2.13. The number of aromatic carboxylic acids is 1. The summed E-state index contributed by atoms with van der Waals surface area (Å²) < 4.78 is 44.4. The number of hydrogen-bond acceptors (Lipinski definition) is 4. The summed E-state index contributed by atoms with van der Waals surface area (Å²) in [6.45, 7) is 0. The van der Waals surface area contributed by atoms with Crippen molar-refractivity contribution in [2.45, 2.75) is 12.2 Å². The molecule has 0 radical (unpaired) electrons. The van der Waals surface area contributed by atoms with Gasteiger partial charge in [-0.15, -0.1) is 24.8 Å². The Bertz CT molecular complexity index is 464. The van der Waals surface area contributed by atoms with Gasteiger partial charge in [-0.3, -0.25) is 0 Å². The van der Waals surface area contributed by atoms with Gasteiger partial charge in [0.05, 0.1) is 13.0 Å². The van der Waals surface area contributed by atoms with E-state index in [0.717, 1.165) is 13.2 Å². The first kappa shape index (κ1) is 14.4. The van der Waals surface area contributed by atoms with Gasteiger partial charge in [0.2, 0.25) is 5.88 Å². The van der Waals surface area contributed by atoms with Crippen LogP contribution in [-0.2, 0) is 5.88 Å². The second-order valence-corrected chi connectivity index (χ2v) is 3.26. The number of carbonyl (C=O) groups is 1. The quantitative estimate of drug-likeness (QED) is 0.861. The van der Waals surface area contributed by atoms with Crippen LogP contribution >= 0.6 is 11.6 Å². The summed E-state index contributed by atoms with van der Waals surface area (Å²) in [4.78, 5) is 14.1. The molecule has 0 atom stereocenters. The van der Waals surface area contributed by atoms with Gasteiger partial charge in [-0.25, -0.2) is 9.78 Å². The summed E-state index contributed by atoms with van der Waals surface area (Å²) in [6, 6.07) is 0.867. The van der Waals surface area contributed by atoms with Crippen LogP contribution in [0, 0.1) is 0 Å². The van der Waals surface area contributed by atoms with E-state index in [4.69, 9.17) is 21.4 Å². The van der Waals surface area contributed by atoms with Gasteiger partial charge in [0.1, 0.15) is 0 Å². The highest BCUT2D eigenvalue weighted by Gasteiger charge is 2.33. The van der Waals surface area contributed by atoms with Crippen LogP contribution in [0.15, 0.2) is 6.07 Å². The SMILES string of the molecule is COc1c(CCl)cc(OC(F)(F)F)nc1C(=O)O. The van der Waals surface area contributed by atoms with E-state index in [1.165, 1.54) is 0 Å². The Morgan fingerprint density at radius 3 is 2.56 bits per heavy atom. The number of aromatic nitrogens is 1. The molecule has 0 aliphatic carbocycles. The molecular weight excluding hydrogens is 279 g/mol. The molecule has 0 aliphatic rings. The lowest BCUT2D eigenvalue weighted by molar-refractivity contribution is -0.276. The minimum absolute atomic E-state index is 0.0332. The molecular formula is C9H7ClF3NO4. The molecule has 0 aromatic carbocycles. The van der Waals surface area contributed by atoms with Gasteiger partial charge < -0.3 is 14.6 Å². The van der Waals surface area contributed by atoms with E-state index >= 15 is 0 Å². The number of halogens is 4. The zero-order valence-corrected chi connectivity index (χ0v) is 9.67. The molecule has 5 nitrogen and oxygen atoms in total. The molecule has 1 aromatic rings. The van der Waals surface area contributed by atoms with Gasteiger partial charge in [0.15, 0.2) is 11.4 Å². The van der Waals surface area contributed by atoms with Crippen molar-refractivity contribution in [3.63, 3.8) is 0 Å². The number of carboxylic acids is 1. The molecule has 0 fully saturated rings. The van der Waals surface area contributed by atoms with Crippen molar-refractivity contribution < 1.29 is 32.5 Å². The molecule has 1 heterocycles. The fourth-order valence-electron chi connectivity index (χ4n) is 1.20. The summed E-state index contributed by atoms with van der Waals surface area (Å²) in [7, 11) is 1.16. The molecule has 9 heteroatoms. The van der Waals surface area contributed by atoms with Crippen molar-refractivity contribution in [3.05, 3.63) is 17.3 Å². The minimum Gasteiger partial charge on any atom is -0.494 e. The van der Waals surface area contributed by atoms with Crippen LogP contribution in [0.2, 0.25) is 0 Å². The Labute approximate surface area is 104 Å². The van der Waals surface area contributed by atoms with Gasteiger partial charge in [0, 0.05) is 11.6 Å². The van der Waals surface area contributed by atoms with Crippen LogP contribution in [0.3, 0.4) is 0 Å². The first-order chi connectivity index (χ1) is 8.28. The predicted molar refractivity (Wildman–Crippen MR) is 54.0 cm³/mol.